The van der Waals surface area contributed by atoms with E-state index >= 15 is 0 Å². The van der Waals surface area contributed by atoms with Gasteiger partial charge in [-0.2, -0.15) is 0 Å². The van der Waals surface area contributed by atoms with Crippen LogP contribution in [0.2, 0.25) is 0 Å². The molecule has 0 aromatic rings. The Balaban J connectivity index is 3.58. The van der Waals surface area contributed by atoms with Crippen LogP contribution in [0, 0.1) is 5.92 Å². The fourth-order valence-electron chi connectivity index (χ4n) is 1.06. The van der Waals surface area contributed by atoms with Crippen molar-refractivity contribution in [3.05, 3.63) is 21.1 Å². The smallest absolute Gasteiger partial charge is 0.0564 e. The lowest BCUT2D eigenvalue weighted by Crippen LogP contribution is -1.91. The van der Waals surface area contributed by atoms with Gasteiger partial charge in [-0.25, -0.2) is 0 Å². The van der Waals surface area contributed by atoms with Gasteiger partial charge in [-0.15, -0.1) is 0 Å². The molecule has 0 saturated carbocycles. The van der Waals surface area contributed by atoms with E-state index in [1.54, 1.807) is 0 Å². The molecule has 0 fully saturated rings. The van der Waals surface area contributed by atoms with Gasteiger partial charge in [0, 0.05) is 0 Å². The second kappa shape index (κ2) is 7.81. The van der Waals surface area contributed by atoms with Crippen molar-refractivity contribution in [2.24, 2.45) is 5.92 Å². The molecule has 0 heterocycles. The predicted molar refractivity (Wildman–Crippen MR) is 68.4 cm³/mol. The van der Waals surface area contributed by atoms with E-state index in [2.05, 4.69) is 64.8 Å². The van der Waals surface area contributed by atoms with Crippen LogP contribution in [0.25, 0.3) is 0 Å². The lowest BCUT2D eigenvalue weighted by molar-refractivity contribution is 0.546. The monoisotopic (exact) mass is 308 g/mol. The van der Waals surface area contributed by atoms with Crippen LogP contribution in [0.1, 0.15) is 40.0 Å². The average Bonchev–Trinajstić information content (AvgIpc) is 2.00. The van der Waals surface area contributed by atoms with Crippen molar-refractivity contribution >= 4 is 31.9 Å². The molecule has 1 atom stereocenters. The van der Waals surface area contributed by atoms with E-state index in [1.165, 1.54) is 18.4 Å². The highest BCUT2D eigenvalue weighted by Gasteiger charge is 1.98. The summed E-state index contributed by atoms with van der Waals surface area (Å²) < 4.78 is 1.06. The molecule has 0 saturated heterocycles. The van der Waals surface area contributed by atoms with E-state index < -0.39 is 0 Å². The van der Waals surface area contributed by atoms with Crippen LogP contribution in [-0.4, -0.2) is 0 Å². The Morgan fingerprint density at radius 3 is 2.31 bits per heavy atom. The van der Waals surface area contributed by atoms with Crippen molar-refractivity contribution < 1.29 is 0 Å². The Kier molecular flexibility index (Phi) is 8.07. The SMILES string of the molecule is CC(C)=CCCC(C)CC=C(Br)Br. The molecular weight excluding hydrogens is 292 g/mol. The summed E-state index contributed by atoms with van der Waals surface area (Å²) in [5, 5.41) is 0. The van der Waals surface area contributed by atoms with Crippen LogP contribution in [0.5, 0.6) is 0 Å². The quantitative estimate of drug-likeness (QED) is 0.597. The molecule has 0 aliphatic carbocycles. The zero-order valence-corrected chi connectivity index (χ0v) is 11.8. The van der Waals surface area contributed by atoms with Gasteiger partial charge in [0.15, 0.2) is 0 Å². The maximum atomic E-state index is 3.36. The molecule has 0 amide bonds. The summed E-state index contributed by atoms with van der Waals surface area (Å²) in [7, 11) is 0. The van der Waals surface area contributed by atoms with Crippen LogP contribution in [-0.2, 0) is 0 Å². The summed E-state index contributed by atoms with van der Waals surface area (Å²) in [5.41, 5.74) is 1.42. The molecule has 0 rings (SSSR count). The van der Waals surface area contributed by atoms with Gasteiger partial charge in [0.25, 0.3) is 0 Å². The van der Waals surface area contributed by atoms with Crippen molar-refractivity contribution in [2.45, 2.75) is 40.0 Å². The van der Waals surface area contributed by atoms with Gasteiger partial charge in [-0.3, -0.25) is 0 Å². The van der Waals surface area contributed by atoms with E-state index in [0.717, 1.165) is 15.7 Å². The van der Waals surface area contributed by atoms with Crippen LogP contribution in [0.3, 0.4) is 0 Å². The third kappa shape index (κ3) is 10.4. The molecule has 76 valence electrons. The van der Waals surface area contributed by atoms with E-state index in [1.807, 2.05) is 0 Å². The molecule has 13 heavy (non-hydrogen) atoms. The molecule has 0 radical (unpaired) electrons. The molecule has 0 N–H and O–H groups in total. The van der Waals surface area contributed by atoms with Gasteiger partial charge in [-0.05, 0) is 70.9 Å². The molecular formula is C11H18Br2. The third-order valence-electron chi connectivity index (χ3n) is 1.89. The van der Waals surface area contributed by atoms with Crippen molar-refractivity contribution in [1.29, 1.82) is 0 Å². The summed E-state index contributed by atoms with van der Waals surface area (Å²) in [6.45, 7) is 6.59. The Hall–Kier alpha value is 0.440. The van der Waals surface area contributed by atoms with E-state index in [4.69, 9.17) is 0 Å². The molecule has 0 aromatic heterocycles. The minimum atomic E-state index is 0.765. The second-order valence-corrected chi connectivity index (χ2v) is 6.47. The zero-order chi connectivity index (χ0) is 10.3. The number of hydrogen-bond donors (Lipinski definition) is 0. The average molecular weight is 310 g/mol. The molecule has 1 unspecified atom stereocenters. The van der Waals surface area contributed by atoms with E-state index in [0.29, 0.717) is 0 Å². The fourth-order valence-corrected chi connectivity index (χ4v) is 1.44. The molecule has 2 heteroatoms. The highest BCUT2D eigenvalue weighted by Crippen LogP contribution is 2.18. The Bertz CT molecular complexity index is 184. The van der Waals surface area contributed by atoms with Gasteiger partial charge in [0.1, 0.15) is 0 Å². The number of hydrogen-bond acceptors (Lipinski definition) is 0. The first-order chi connectivity index (χ1) is 6.02. The van der Waals surface area contributed by atoms with Gasteiger partial charge < -0.3 is 0 Å². The topological polar surface area (TPSA) is 0 Å². The first-order valence-corrected chi connectivity index (χ1v) is 6.25. The van der Waals surface area contributed by atoms with Crippen LogP contribution in [0.4, 0.5) is 0 Å². The number of rotatable bonds is 5. The summed E-state index contributed by atoms with van der Waals surface area (Å²) >= 11 is 6.72. The highest BCUT2D eigenvalue weighted by molar-refractivity contribution is 9.28. The molecule has 0 aromatic carbocycles. The molecule has 0 aliphatic heterocycles. The summed E-state index contributed by atoms with van der Waals surface area (Å²) in [5.74, 6) is 0.765. The third-order valence-corrected chi connectivity index (χ3v) is 2.53. The minimum absolute atomic E-state index is 0.765. The van der Waals surface area contributed by atoms with Crippen LogP contribution in [0.15, 0.2) is 21.1 Å². The zero-order valence-electron chi connectivity index (χ0n) is 8.61. The summed E-state index contributed by atoms with van der Waals surface area (Å²) in [6.07, 6.45) is 8.10. The summed E-state index contributed by atoms with van der Waals surface area (Å²) in [4.78, 5) is 0. The van der Waals surface area contributed by atoms with Crippen molar-refractivity contribution in [2.75, 3.05) is 0 Å². The standard InChI is InChI=1S/C11H18Br2/c1-9(2)5-4-6-10(3)7-8-11(12)13/h5,8,10H,4,6-7H2,1-3H3. The molecule has 0 aliphatic rings. The maximum Gasteiger partial charge on any atom is 0.0564 e. The normalized spacial score (nSPS) is 12.1. The van der Waals surface area contributed by atoms with Crippen molar-refractivity contribution in [1.82, 2.24) is 0 Å². The Morgan fingerprint density at radius 1 is 1.23 bits per heavy atom. The largest absolute Gasteiger partial charge is 0.0859 e. The minimum Gasteiger partial charge on any atom is -0.0859 e. The van der Waals surface area contributed by atoms with Crippen LogP contribution >= 0.6 is 31.9 Å². The number of halogens is 2. The summed E-state index contributed by atoms with van der Waals surface area (Å²) in [6, 6.07) is 0. The van der Waals surface area contributed by atoms with E-state index in [9.17, 15) is 0 Å². The Labute approximate surface area is 98.7 Å². The molecule has 0 nitrogen and oxygen atoms in total. The first kappa shape index (κ1) is 13.4. The van der Waals surface area contributed by atoms with Gasteiger partial charge in [0.05, 0.1) is 3.39 Å². The molecule has 0 spiro atoms. The fraction of sp³-hybridized carbons (Fsp3) is 0.636. The Morgan fingerprint density at radius 2 is 1.85 bits per heavy atom. The van der Waals surface area contributed by atoms with Crippen LogP contribution < -0.4 is 0 Å². The molecule has 0 bridgehead atoms. The highest BCUT2D eigenvalue weighted by atomic mass is 79.9. The lowest BCUT2D eigenvalue weighted by Gasteiger charge is -2.06. The second-order valence-electron chi connectivity index (χ2n) is 3.69. The van der Waals surface area contributed by atoms with Gasteiger partial charge >= 0.3 is 0 Å². The maximum absolute atomic E-state index is 3.36. The van der Waals surface area contributed by atoms with Gasteiger partial charge in [-0.1, -0.05) is 24.6 Å². The van der Waals surface area contributed by atoms with E-state index in [-0.39, 0.29) is 0 Å². The van der Waals surface area contributed by atoms with Crippen molar-refractivity contribution in [3.63, 3.8) is 0 Å². The lowest BCUT2D eigenvalue weighted by atomic mass is 10.0. The van der Waals surface area contributed by atoms with Crippen molar-refractivity contribution in [3.8, 4) is 0 Å². The van der Waals surface area contributed by atoms with Gasteiger partial charge in [0.2, 0.25) is 0 Å². The first-order valence-electron chi connectivity index (χ1n) is 4.67. The predicted octanol–water partition coefficient (Wildman–Crippen LogP) is 5.39. The number of allylic oxidation sites excluding steroid dienone is 3.